The molecule has 0 amide bonds. The molecule has 0 rings (SSSR count). The van der Waals surface area contributed by atoms with E-state index in [0.717, 1.165) is 5.96 Å². The lowest BCUT2D eigenvalue weighted by Crippen LogP contribution is -2.33. The maximum atomic E-state index is 6.62. The van der Waals surface area contributed by atoms with Gasteiger partial charge in [-0.25, -0.2) is 0 Å². The summed E-state index contributed by atoms with van der Waals surface area (Å²) in [5, 5.41) is 12.1. The highest BCUT2D eigenvalue weighted by atomic mass is 15.2. The fourth-order valence-electron chi connectivity index (χ4n) is 0.718. The van der Waals surface area contributed by atoms with Crippen molar-refractivity contribution in [1.82, 2.24) is 15.5 Å². The molecule has 0 aromatic heterocycles. The third kappa shape index (κ3) is 12.3. The number of hydrogen-bond donors (Lipinski definition) is 4. The quantitative estimate of drug-likeness (QED) is 0.281. The van der Waals surface area contributed by atoms with Crippen LogP contribution in [0, 0.1) is 5.41 Å². The van der Waals surface area contributed by atoms with Crippen molar-refractivity contribution < 1.29 is 0 Å². The van der Waals surface area contributed by atoms with E-state index in [4.69, 9.17) is 11.1 Å². The highest BCUT2D eigenvalue weighted by Crippen LogP contribution is 1.73. The third-order valence-corrected chi connectivity index (χ3v) is 1.30. The Morgan fingerprint density at radius 1 is 1.60 bits per heavy atom. The number of aliphatic imine (C=N–C) groups is 1. The molecule has 0 aliphatic heterocycles. The smallest absolute Gasteiger partial charge is 0.192 e. The Bertz CT molecular complexity index is 209. The summed E-state index contributed by atoms with van der Waals surface area (Å²) in [7, 11) is 7.49. The van der Waals surface area contributed by atoms with E-state index < -0.39 is 0 Å². The molecular formula is C9H22N6. The first-order chi connectivity index (χ1) is 6.99. The summed E-state index contributed by atoms with van der Waals surface area (Å²) in [6.45, 7) is 3.98. The van der Waals surface area contributed by atoms with Crippen LogP contribution in [-0.2, 0) is 0 Å². The largest absolute Gasteiger partial charge is 0.370 e. The lowest BCUT2D eigenvalue weighted by atomic mass is 10.6. The van der Waals surface area contributed by atoms with Crippen molar-refractivity contribution in [3.63, 3.8) is 0 Å². The zero-order valence-corrected chi connectivity index (χ0v) is 9.96. The molecule has 88 valence electrons. The van der Waals surface area contributed by atoms with Gasteiger partial charge in [0.05, 0.1) is 0 Å². The van der Waals surface area contributed by atoms with E-state index in [9.17, 15) is 0 Å². The predicted octanol–water partition coefficient (Wildman–Crippen LogP) is -0.591. The van der Waals surface area contributed by atoms with Gasteiger partial charge in [0.2, 0.25) is 0 Å². The van der Waals surface area contributed by atoms with E-state index in [2.05, 4.69) is 22.2 Å². The molecule has 0 unspecified atom stereocenters. The maximum Gasteiger partial charge on any atom is 0.192 e. The predicted molar refractivity (Wildman–Crippen MR) is 66.2 cm³/mol. The van der Waals surface area contributed by atoms with Crippen molar-refractivity contribution in [2.24, 2.45) is 10.7 Å². The van der Waals surface area contributed by atoms with Crippen LogP contribution < -0.4 is 16.4 Å². The molecule has 0 radical (unpaired) electrons. The number of guanidine groups is 2. The lowest BCUT2D eigenvalue weighted by Gasteiger charge is -2.12. The summed E-state index contributed by atoms with van der Waals surface area (Å²) < 4.78 is 0. The van der Waals surface area contributed by atoms with Gasteiger partial charge >= 0.3 is 0 Å². The Kier molecular flexibility index (Phi) is 10.9. The van der Waals surface area contributed by atoms with Crippen molar-refractivity contribution >= 4 is 11.9 Å². The van der Waals surface area contributed by atoms with Gasteiger partial charge in [0, 0.05) is 34.7 Å². The molecule has 0 fully saturated rings. The topological polar surface area (TPSA) is 89.5 Å². The van der Waals surface area contributed by atoms with Crippen LogP contribution >= 0.6 is 0 Å². The van der Waals surface area contributed by atoms with Gasteiger partial charge in [-0.05, 0) is 0 Å². The Hall–Kier alpha value is -1.72. The van der Waals surface area contributed by atoms with E-state index in [1.165, 1.54) is 0 Å². The summed E-state index contributed by atoms with van der Waals surface area (Å²) in [5.74, 6) is 0.880. The second-order valence-electron chi connectivity index (χ2n) is 2.77. The first-order valence-electron chi connectivity index (χ1n) is 4.50. The molecule has 0 aromatic rings. The normalized spacial score (nSPS) is 9.47. The molecule has 6 heteroatoms. The van der Waals surface area contributed by atoms with Crippen LogP contribution in [0.3, 0.4) is 0 Å². The molecule has 0 saturated heterocycles. The zero-order valence-electron chi connectivity index (χ0n) is 9.96. The van der Waals surface area contributed by atoms with Crippen molar-refractivity contribution in [3.05, 3.63) is 12.7 Å². The molecule has 0 spiro atoms. The molecule has 0 heterocycles. The van der Waals surface area contributed by atoms with Crippen molar-refractivity contribution in [2.45, 2.75) is 0 Å². The van der Waals surface area contributed by atoms with Crippen LogP contribution in [-0.4, -0.2) is 51.6 Å². The SMILES string of the molecule is C=CCNC(=N)N.CN=C(NC)N(C)C. The van der Waals surface area contributed by atoms with Gasteiger partial charge in [0.1, 0.15) is 0 Å². The van der Waals surface area contributed by atoms with Crippen LogP contribution in [0.1, 0.15) is 0 Å². The molecule has 5 N–H and O–H groups in total. The summed E-state index contributed by atoms with van der Waals surface area (Å²) in [6, 6.07) is 0. The molecule has 0 atom stereocenters. The maximum absolute atomic E-state index is 6.62. The van der Waals surface area contributed by atoms with Crippen LogP contribution in [0.5, 0.6) is 0 Å². The van der Waals surface area contributed by atoms with E-state index in [0.29, 0.717) is 6.54 Å². The Labute approximate surface area is 91.8 Å². The van der Waals surface area contributed by atoms with Gasteiger partial charge in [-0.15, -0.1) is 6.58 Å². The summed E-state index contributed by atoms with van der Waals surface area (Å²) in [4.78, 5) is 5.85. The van der Waals surface area contributed by atoms with Crippen LogP contribution in [0.25, 0.3) is 0 Å². The average molecular weight is 214 g/mol. The number of nitrogens with one attached hydrogen (secondary N) is 3. The average Bonchev–Trinajstić information content (AvgIpc) is 2.17. The highest BCUT2D eigenvalue weighted by molar-refractivity contribution is 5.78. The fraction of sp³-hybridized carbons (Fsp3) is 0.556. The molecule has 0 bridgehead atoms. The van der Waals surface area contributed by atoms with E-state index in [1.807, 2.05) is 26.0 Å². The minimum Gasteiger partial charge on any atom is -0.370 e. The van der Waals surface area contributed by atoms with E-state index >= 15 is 0 Å². The van der Waals surface area contributed by atoms with Gasteiger partial charge in [-0.1, -0.05) is 6.08 Å². The number of nitrogens with zero attached hydrogens (tertiary/aromatic N) is 2. The zero-order chi connectivity index (χ0) is 12.3. The second kappa shape index (κ2) is 10.4. The number of rotatable bonds is 2. The first-order valence-corrected chi connectivity index (χ1v) is 4.50. The van der Waals surface area contributed by atoms with Gasteiger partial charge < -0.3 is 21.3 Å². The van der Waals surface area contributed by atoms with Gasteiger partial charge in [0.25, 0.3) is 0 Å². The van der Waals surface area contributed by atoms with Gasteiger partial charge in [-0.3, -0.25) is 10.4 Å². The molecule has 0 aliphatic carbocycles. The Balaban J connectivity index is 0. The van der Waals surface area contributed by atoms with Crippen molar-refractivity contribution in [2.75, 3.05) is 34.7 Å². The first kappa shape index (κ1) is 15.7. The monoisotopic (exact) mass is 214 g/mol. The molecule has 0 saturated carbocycles. The van der Waals surface area contributed by atoms with E-state index in [1.54, 1.807) is 13.1 Å². The van der Waals surface area contributed by atoms with Crippen LogP contribution in [0.4, 0.5) is 0 Å². The molecule has 0 aromatic carbocycles. The Morgan fingerprint density at radius 3 is 2.20 bits per heavy atom. The minimum absolute atomic E-state index is 0.0140. The number of nitrogens with two attached hydrogens (primary N) is 1. The van der Waals surface area contributed by atoms with Gasteiger partial charge in [0.15, 0.2) is 11.9 Å². The van der Waals surface area contributed by atoms with Crippen LogP contribution in [0.2, 0.25) is 0 Å². The fourth-order valence-corrected chi connectivity index (χ4v) is 0.718. The highest BCUT2D eigenvalue weighted by Gasteiger charge is 1.91. The molecular weight excluding hydrogens is 192 g/mol. The van der Waals surface area contributed by atoms with Crippen molar-refractivity contribution in [1.29, 1.82) is 5.41 Å². The molecule has 15 heavy (non-hydrogen) atoms. The van der Waals surface area contributed by atoms with Crippen LogP contribution in [0.15, 0.2) is 17.6 Å². The number of hydrogen-bond acceptors (Lipinski definition) is 2. The minimum atomic E-state index is -0.0140. The molecule has 6 nitrogen and oxygen atoms in total. The summed E-state index contributed by atoms with van der Waals surface area (Å²) in [5.41, 5.74) is 4.90. The molecule has 0 aliphatic rings. The summed E-state index contributed by atoms with van der Waals surface area (Å²) in [6.07, 6.45) is 1.64. The summed E-state index contributed by atoms with van der Waals surface area (Å²) >= 11 is 0. The standard InChI is InChI=1S/C5H13N3.C4H9N3/c1-6-5(7-2)8(3)4;1-2-3-7-4(5)6/h1-4H3,(H,6,7);2H,1,3H2,(H4,5,6,7). The second-order valence-corrected chi connectivity index (χ2v) is 2.77. The van der Waals surface area contributed by atoms with Crippen molar-refractivity contribution in [3.8, 4) is 0 Å². The third-order valence-electron chi connectivity index (χ3n) is 1.30. The van der Waals surface area contributed by atoms with E-state index in [-0.39, 0.29) is 5.96 Å². The van der Waals surface area contributed by atoms with Gasteiger partial charge in [-0.2, -0.15) is 0 Å². The Morgan fingerprint density at radius 2 is 2.13 bits per heavy atom. The lowest BCUT2D eigenvalue weighted by molar-refractivity contribution is 0.596.